The van der Waals surface area contributed by atoms with E-state index in [1.165, 1.54) is 0 Å². The van der Waals surface area contributed by atoms with Crippen molar-refractivity contribution in [3.05, 3.63) is 25.6 Å². The molecule has 18 heavy (non-hydrogen) atoms. The van der Waals surface area contributed by atoms with Gasteiger partial charge in [0, 0.05) is 10.9 Å². The molecule has 2 unspecified atom stereocenters. The summed E-state index contributed by atoms with van der Waals surface area (Å²) in [5, 5.41) is 0. The van der Waals surface area contributed by atoms with Crippen LogP contribution in [-0.4, -0.2) is 11.9 Å². The summed E-state index contributed by atoms with van der Waals surface area (Å²) in [4.78, 5) is 11.7. The second-order valence-electron chi connectivity index (χ2n) is 4.70. The van der Waals surface area contributed by atoms with E-state index in [0.717, 1.165) is 25.6 Å². The van der Waals surface area contributed by atoms with Gasteiger partial charge in [0.15, 0.2) is 0 Å². The molecule has 1 aromatic rings. The fourth-order valence-electron chi connectivity index (χ4n) is 2.06. The fraction of sp³-hybridized carbons (Fsp3) is 0.462. The van der Waals surface area contributed by atoms with Crippen LogP contribution in [0.25, 0.3) is 0 Å². The molecule has 0 saturated heterocycles. The van der Waals surface area contributed by atoms with E-state index in [0.29, 0.717) is 12.2 Å². The van der Waals surface area contributed by atoms with Crippen LogP contribution in [0.1, 0.15) is 26.7 Å². The summed E-state index contributed by atoms with van der Waals surface area (Å²) in [6, 6.07) is 3.87. The molecule has 2 rings (SSSR count). The van der Waals surface area contributed by atoms with E-state index in [-0.39, 0.29) is 11.5 Å². The number of carbonyl (C=O) groups excluding carboxylic acids is 1. The second-order valence-corrected chi connectivity index (χ2v) is 7.33. The Balaban J connectivity index is 2.24. The Morgan fingerprint density at radius 3 is 2.33 bits per heavy atom. The summed E-state index contributed by atoms with van der Waals surface area (Å²) in [5.41, 5.74) is -0.341. The average Bonchev–Trinajstić information content (AvgIpc) is 2.30. The van der Waals surface area contributed by atoms with Gasteiger partial charge in [-0.15, -0.1) is 0 Å². The highest BCUT2D eigenvalue weighted by molar-refractivity contribution is 9.11. The molecule has 1 aliphatic rings. The van der Waals surface area contributed by atoms with Gasteiger partial charge in [-0.2, -0.15) is 0 Å². The topological polar surface area (TPSA) is 26.3 Å². The molecule has 0 bridgehead atoms. The molecular weight excluding hydrogens is 428 g/mol. The lowest BCUT2D eigenvalue weighted by Gasteiger charge is -2.44. The number of ketones is 1. The van der Waals surface area contributed by atoms with E-state index in [1.54, 1.807) is 0 Å². The first-order valence-electron chi connectivity index (χ1n) is 5.73. The predicted octanol–water partition coefficient (Wildman–Crippen LogP) is 5.11. The second kappa shape index (κ2) is 5.25. The Morgan fingerprint density at radius 1 is 1.33 bits per heavy atom. The molecule has 0 N–H and O–H groups in total. The number of carbonyl (C=O) groups is 1. The Bertz CT molecular complexity index is 478. The highest BCUT2D eigenvalue weighted by Crippen LogP contribution is 2.45. The van der Waals surface area contributed by atoms with Gasteiger partial charge in [0.25, 0.3) is 0 Å². The number of Topliss-reactive ketones (excluding diaryl/α,β-unsaturated/α-hetero) is 1. The number of ether oxygens (including phenoxy) is 1. The smallest absolute Gasteiger partial charge is 0.148 e. The first-order valence-corrected chi connectivity index (χ1v) is 8.11. The van der Waals surface area contributed by atoms with Gasteiger partial charge < -0.3 is 4.74 Å². The number of hydrogen-bond acceptors (Lipinski definition) is 2. The molecule has 0 amide bonds. The lowest BCUT2D eigenvalue weighted by molar-refractivity contribution is -0.150. The molecular formula is C13H13Br3O2. The molecule has 2 nitrogen and oxygen atoms in total. The highest BCUT2D eigenvalue weighted by atomic mass is 79.9. The number of benzene rings is 1. The van der Waals surface area contributed by atoms with Gasteiger partial charge in [-0.1, -0.05) is 22.9 Å². The molecule has 1 aromatic carbocycles. The summed E-state index contributed by atoms with van der Waals surface area (Å²) >= 11 is 10.4. The third-order valence-electron chi connectivity index (χ3n) is 3.68. The fourth-order valence-corrected chi connectivity index (χ4v) is 4.50. The normalized spacial score (nSPS) is 26.9. The number of hydrogen-bond donors (Lipinski definition) is 0. The largest absolute Gasteiger partial charge is 0.487 e. The first kappa shape index (κ1) is 14.5. The van der Waals surface area contributed by atoms with Crippen molar-refractivity contribution in [2.75, 3.05) is 0 Å². The van der Waals surface area contributed by atoms with E-state index >= 15 is 0 Å². The van der Waals surface area contributed by atoms with Gasteiger partial charge in [0.05, 0.1) is 14.4 Å². The molecule has 2 atom stereocenters. The van der Waals surface area contributed by atoms with Gasteiger partial charge >= 0.3 is 0 Å². The van der Waals surface area contributed by atoms with Gasteiger partial charge in [-0.05, 0) is 57.3 Å². The van der Waals surface area contributed by atoms with E-state index in [2.05, 4.69) is 47.8 Å². The van der Waals surface area contributed by atoms with Crippen molar-refractivity contribution in [2.24, 2.45) is 5.41 Å². The standard InChI is InChI=1S/C13H13Br3O2/c1-3-13(2)10(17)6-11(13)18-12-8(15)4-7(14)5-9(12)16/h4-5,11H,3,6H2,1-2H3. The summed E-state index contributed by atoms with van der Waals surface area (Å²) < 4.78 is 8.73. The first-order chi connectivity index (χ1) is 8.38. The van der Waals surface area contributed by atoms with Crippen LogP contribution in [-0.2, 0) is 4.79 Å². The molecule has 0 aromatic heterocycles. The van der Waals surface area contributed by atoms with Crippen molar-refractivity contribution in [3.8, 4) is 5.75 Å². The van der Waals surface area contributed by atoms with Crippen LogP contribution in [0.5, 0.6) is 5.75 Å². The molecule has 0 radical (unpaired) electrons. The van der Waals surface area contributed by atoms with Gasteiger partial charge in [0.1, 0.15) is 17.6 Å². The summed E-state index contributed by atoms with van der Waals surface area (Å²) in [6.07, 6.45) is 1.27. The predicted molar refractivity (Wildman–Crippen MR) is 82.0 cm³/mol. The lowest BCUT2D eigenvalue weighted by atomic mass is 9.64. The maximum absolute atomic E-state index is 11.7. The van der Waals surface area contributed by atoms with Crippen LogP contribution < -0.4 is 4.74 Å². The summed E-state index contributed by atoms with van der Waals surface area (Å²) in [5.74, 6) is 1.05. The monoisotopic (exact) mass is 438 g/mol. The van der Waals surface area contributed by atoms with Crippen molar-refractivity contribution in [3.63, 3.8) is 0 Å². The zero-order valence-corrected chi connectivity index (χ0v) is 14.9. The van der Waals surface area contributed by atoms with Crippen LogP contribution in [0.15, 0.2) is 25.6 Å². The molecule has 5 heteroatoms. The molecule has 1 aliphatic carbocycles. The minimum Gasteiger partial charge on any atom is -0.487 e. The third kappa shape index (κ3) is 2.41. The van der Waals surface area contributed by atoms with Crippen molar-refractivity contribution < 1.29 is 9.53 Å². The Labute approximate surface area is 132 Å². The number of halogens is 3. The van der Waals surface area contributed by atoms with E-state index in [1.807, 2.05) is 26.0 Å². The van der Waals surface area contributed by atoms with Gasteiger partial charge in [-0.25, -0.2) is 0 Å². The molecule has 1 saturated carbocycles. The quantitative estimate of drug-likeness (QED) is 0.652. The van der Waals surface area contributed by atoms with E-state index in [4.69, 9.17) is 4.74 Å². The zero-order chi connectivity index (χ0) is 13.5. The lowest BCUT2D eigenvalue weighted by Crippen LogP contribution is -2.54. The minimum atomic E-state index is -0.341. The van der Waals surface area contributed by atoms with Crippen LogP contribution in [0.3, 0.4) is 0 Å². The molecule has 0 aliphatic heterocycles. The molecule has 0 spiro atoms. The van der Waals surface area contributed by atoms with Crippen molar-refractivity contribution in [1.29, 1.82) is 0 Å². The Kier molecular flexibility index (Phi) is 4.24. The SMILES string of the molecule is CCC1(C)C(=O)CC1Oc1c(Br)cc(Br)cc1Br. The van der Waals surface area contributed by atoms with Crippen LogP contribution >= 0.6 is 47.8 Å². The van der Waals surface area contributed by atoms with E-state index < -0.39 is 0 Å². The zero-order valence-electron chi connectivity index (χ0n) is 10.1. The highest BCUT2D eigenvalue weighted by Gasteiger charge is 2.51. The minimum absolute atomic E-state index is 0.0382. The molecule has 98 valence electrons. The third-order valence-corrected chi connectivity index (χ3v) is 5.31. The maximum Gasteiger partial charge on any atom is 0.148 e. The molecule has 1 fully saturated rings. The van der Waals surface area contributed by atoms with E-state index in [9.17, 15) is 4.79 Å². The average molecular weight is 441 g/mol. The van der Waals surface area contributed by atoms with Crippen molar-refractivity contribution in [1.82, 2.24) is 0 Å². The van der Waals surface area contributed by atoms with Gasteiger partial charge in [-0.3, -0.25) is 4.79 Å². The van der Waals surface area contributed by atoms with Crippen molar-refractivity contribution in [2.45, 2.75) is 32.8 Å². The van der Waals surface area contributed by atoms with Crippen LogP contribution in [0.4, 0.5) is 0 Å². The maximum atomic E-state index is 11.7. The van der Waals surface area contributed by atoms with Crippen LogP contribution in [0, 0.1) is 5.41 Å². The summed E-state index contributed by atoms with van der Waals surface area (Å²) in [7, 11) is 0. The van der Waals surface area contributed by atoms with Crippen molar-refractivity contribution >= 4 is 53.6 Å². The number of rotatable bonds is 3. The summed E-state index contributed by atoms with van der Waals surface area (Å²) in [6.45, 7) is 4.00. The van der Waals surface area contributed by atoms with Crippen LogP contribution in [0.2, 0.25) is 0 Å². The van der Waals surface area contributed by atoms with Gasteiger partial charge in [0.2, 0.25) is 0 Å². The Morgan fingerprint density at radius 2 is 1.89 bits per heavy atom. The molecule has 0 heterocycles. The Hall–Kier alpha value is 0.130.